The lowest BCUT2D eigenvalue weighted by Gasteiger charge is -2.37. The van der Waals surface area contributed by atoms with Crippen molar-refractivity contribution in [3.8, 4) is 0 Å². The molecule has 192 valence electrons. The van der Waals surface area contributed by atoms with Crippen LogP contribution in [0, 0.1) is 0 Å². The number of benzene rings is 4. The Morgan fingerprint density at radius 3 is 1.65 bits per heavy atom. The molecule has 3 N–H and O–H groups in total. The molecule has 0 bridgehead atoms. The Morgan fingerprint density at radius 1 is 0.676 bits per heavy atom. The zero-order chi connectivity index (χ0) is 26.1. The van der Waals surface area contributed by atoms with Crippen LogP contribution in [0.3, 0.4) is 0 Å². The minimum atomic E-state index is -1.31. The summed E-state index contributed by atoms with van der Waals surface area (Å²) in [5.74, 6) is 0. The Bertz CT molecular complexity index is 1160. The van der Waals surface area contributed by atoms with Gasteiger partial charge in [0.2, 0.25) is 0 Å². The van der Waals surface area contributed by atoms with E-state index in [0.29, 0.717) is 22.2 Å². The van der Waals surface area contributed by atoms with Gasteiger partial charge in [0.25, 0.3) is 0 Å². The number of ether oxygens (including phenoxy) is 1. The number of rotatable bonds is 12. The zero-order valence-corrected chi connectivity index (χ0v) is 22.0. The maximum absolute atomic E-state index is 11.8. The Morgan fingerprint density at radius 2 is 1.19 bits per heavy atom. The summed E-state index contributed by atoms with van der Waals surface area (Å²) >= 11 is 12.4. The summed E-state index contributed by atoms with van der Waals surface area (Å²) in [5.41, 5.74) is 1.40. The van der Waals surface area contributed by atoms with Crippen molar-refractivity contribution < 1.29 is 14.9 Å². The Labute approximate surface area is 228 Å². The lowest BCUT2D eigenvalue weighted by atomic mass is 9.80. The molecule has 4 aromatic carbocycles. The quantitative estimate of drug-likeness (QED) is 0.150. The van der Waals surface area contributed by atoms with Gasteiger partial charge in [0.15, 0.2) is 0 Å². The fourth-order valence-electron chi connectivity index (χ4n) is 4.64. The first-order chi connectivity index (χ1) is 18.0. The maximum Gasteiger partial charge on any atom is 0.143 e. The first kappa shape index (κ1) is 27.3. The van der Waals surface area contributed by atoms with Crippen LogP contribution in [-0.2, 0) is 15.9 Å². The Hall–Kier alpha value is -2.70. The SMILES string of the molecule is OCCNC[C@@](O)(CCOC(c1ccccc1)(c1ccccc1)c1ccccc1)c1ccc(Cl)c(Cl)c1. The van der Waals surface area contributed by atoms with Crippen LogP contribution in [0.4, 0.5) is 0 Å². The third-order valence-corrected chi connectivity index (χ3v) is 7.28. The standard InChI is InChI=1S/C31H31Cl2NO3/c32-28-17-16-27(22-29(28)33)30(36,23-34-19-20-35)18-21-37-31(24-10-4-1-5-11-24,25-12-6-2-7-13-25)26-14-8-3-9-15-26/h1-17,22,34-36H,18-21,23H2/t30-/m0/s1. The molecule has 1 atom stereocenters. The lowest BCUT2D eigenvalue weighted by molar-refractivity contribution is -0.0421. The fraction of sp³-hybridized carbons (Fsp3) is 0.226. The van der Waals surface area contributed by atoms with Crippen molar-refractivity contribution in [3.63, 3.8) is 0 Å². The third kappa shape index (κ3) is 6.24. The van der Waals surface area contributed by atoms with Crippen LogP contribution in [0.1, 0.15) is 28.7 Å². The molecule has 4 rings (SSSR count). The Balaban J connectivity index is 1.72. The van der Waals surface area contributed by atoms with Gasteiger partial charge in [-0.05, 0) is 34.4 Å². The van der Waals surface area contributed by atoms with E-state index in [0.717, 1.165) is 16.7 Å². The lowest BCUT2D eigenvalue weighted by Crippen LogP contribution is -2.41. The average molecular weight is 536 g/mol. The molecule has 0 aliphatic heterocycles. The second-order valence-electron chi connectivity index (χ2n) is 8.94. The molecule has 0 aliphatic carbocycles. The zero-order valence-electron chi connectivity index (χ0n) is 20.5. The molecule has 0 spiro atoms. The molecule has 4 aromatic rings. The molecule has 0 aromatic heterocycles. The molecular formula is C31H31Cl2NO3. The first-order valence-corrected chi connectivity index (χ1v) is 13.1. The minimum Gasteiger partial charge on any atom is -0.395 e. The maximum atomic E-state index is 11.8. The number of nitrogens with one attached hydrogen (secondary N) is 1. The van der Waals surface area contributed by atoms with Crippen LogP contribution in [-0.4, -0.2) is 36.5 Å². The number of aliphatic hydroxyl groups excluding tert-OH is 1. The first-order valence-electron chi connectivity index (χ1n) is 12.3. The molecule has 0 radical (unpaired) electrons. The van der Waals surface area contributed by atoms with Gasteiger partial charge in [-0.2, -0.15) is 0 Å². The van der Waals surface area contributed by atoms with Gasteiger partial charge in [0, 0.05) is 19.5 Å². The van der Waals surface area contributed by atoms with E-state index >= 15 is 0 Å². The van der Waals surface area contributed by atoms with Crippen molar-refractivity contribution in [3.05, 3.63) is 141 Å². The molecular weight excluding hydrogens is 505 g/mol. The number of hydrogen-bond acceptors (Lipinski definition) is 4. The van der Waals surface area contributed by atoms with Crippen LogP contribution in [0.15, 0.2) is 109 Å². The number of aliphatic hydroxyl groups is 2. The third-order valence-electron chi connectivity index (χ3n) is 6.54. The highest BCUT2D eigenvalue weighted by Crippen LogP contribution is 2.41. The van der Waals surface area contributed by atoms with E-state index < -0.39 is 11.2 Å². The monoisotopic (exact) mass is 535 g/mol. The van der Waals surface area contributed by atoms with Gasteiger partial charge in [-0.1, -0.05) is 120 Å². The van der Waals surface area contributed by atoms with Gasteiger partial charge >= 0.3 is 0 Å². The van der Waals surface area contributed by atoms with Crippen molar-refractivity contribution in [2.75, 3.05) is 26.3 Å². The van der Waals surface area contributed by atoms with Gasteiger partial charge < -0.3 is 20.3 Å². The molecule has 0 fully saturated rings. The highest BCUT2D eigenvalue weighted by Gasteiger charge is 2.39. The molecule has 0 aliphatic rings. The van der Waals surface area contributed by atoms with Crippen molar-refractivity contribution in [2.45, 2.75) is 17.6 Å². The van der Waals surface area contributed by atoms with Gasteiger partial charge in [-0.3, -0.25) is 0 Å². The predicted molar refractivity (Wildman–Crippen MR) is 150 cm³/mol. The van der Waals surface area contributed by atoms with Crippen LogP contribution in [0.5, 0.6) is 0 Å². The number of halogens is 2. The van der Waals surface area contributed by atoms with E-state index in [2.05, 4.69) is 41.7 Å². The highest BCUT2D eigenvalue weighted by molar-refractivity contribution is 6.42. The minimum absolute atomic E-state index is 0.0346. The van der Waals surface area contributed by atoms with Crippen LogP contribution in [0.25, 0.3) is 0 Å². The summed E-state index contributed by atoms with van der Waals surface area (Å²) in [7, 11) is 0. The molecule has 0 saturated heterocycles. The Kier molecular flexibility index (Phi) is 9.38. The molecule has 0 heterocycles. The van der Waals surface area contributed by atoms with Gasteiger partial charge in [-0.25, -0.2) is 0 Å². The summed E-state index contributed by atoms with van der Waals surface area (Å²) in [6.45, 7) is 0.764. The molecule has 0 saturated carbocycles. The van der Waals surface area contributed by atoms with E-state index in [1.165, 1.54) is 0 Å². The second kappa shape index (κ2) is 12.7. The molecule has 37 heavy (non-hydrogen) atoms. The molecule has 0 amide bonds. The van der Waals surface area contributed by atoms with Gasteiger partial charge in [0.05, 0.1) is 23.3 Å². The number of hydrogen-bond donors (Lipinski definition) is 3. The smallest absolute Gasteiger partial charge is 0.143 e. The van der Waals surface area contributed by atoms with E-state index in [9.17, 15) is 10.2 Å². The largest absolute Gasteiger partial charge is 0.395 e. The molecule has 0 unspecified atom stereocenters. The van der Waals surface area contributed by atoms with E-state index in [4.69, 9.17) is 27.9 Å². The van der Waals surface area contributed by atoms with Crippen molar-refractivity contribution >= 4 is 23.2 Å². The van der Waals surface area contributed by atoms with Gasteiger partial charge in [0.1, 0.15) is 11.2 Å². The molecule has 6 heteroatoms. The summed E-state index contributed by atoms with van der Waals surface area (Å²) < 4.78 is 6.87. The van der Waals surface area contributed by atoms with E-state index in [1.54, 1.807) is 18.2 Å². The molecule has 4 nitrogen and oxygen atoms in total. The van der Waals surface area contributed by atoms with Crippen molar-refractivity contribution in [1.29, 1.82) is 0 Å². The summed E-state index contributed by atoms with van der Waals surface area (Å²) in [4.78, 5) is 0. The summed E-state index contributed by atoms with van der Waals surface area (Å²) in [5, 5.41) is 25.0. The van der Waals surface area contributed by atoms with Crippen LogP contribution < -0.4 is 5.32 Å². The fourth-order valence-corrected chi connectivity index (χ4v) is 4.93. The van der Waals surface area contributed by atoms with Crippen LogP contribution in [0.2, 0.25) is 10.0 Å². The average Bonchev–Trinajstić information content (AvgIpc) is 2.94. The predicted octanol–water partition coefficient (Wildman–Crippen LogP) is 6.16. The second-order valence-corrected chi connectivity index (χ2v) is 9.75. The van der Waals surface area contributed by atoms with Crippen molar-refractivity contribution in [1.82, 2.24) is 5.32 Å². The summed E-state index contributed by atoms with van der Waals surface area (Å²) in [6, 6.07) is 35.5. The van der Waals surface area contributed by atoms with E-state index in [1.807, 2.05) is 54.6 Å². The highest BCUT2D eigenvalue weighted by atomic mass is 35.5. The van der Waals surface area contributed by atoms with E-state index in [-0.39, 0.29) is 26.2 Å². The summed E-state index contributed by atoms with van der Waals surface area (Å²) in [6.07, 6.45) is 0.275. The van der Waals surface area contributed by atoms with Crippen LogP contribution >= 0.6 is 23.2 Å². The normalized spacial score (nSPS) is 13.3. The van der Waals surface area contributed by atoms with Crippen molar-refractivity contribution in [2.24, 2.45) is 0 Å². The topological polar surface area (TPSA) is 61.7 Å². The van der Waals surface area contributed by atoms with Gasteiger partial charge in [-0.15, -0.1) is 0 Å².